The lowest BCUT2D eigenvalue weighted by atomic mass is 9.88. The average molecular weight is 584 g/mol. The molecule has 13 heteroatoms. The summed E-state index contributed by atoms with van der Waals surface area (Å²) in [6.07, 6.45) is 1.54. The quantitative estimate of drug-likeness (QED) is 0.439. The van der Waals surface area contributed by atoms with Crippen LogP contribution in [0.15, 0.2) is 38.3 Å². The molecule has 0 fully saturated rings. The molecule has 1 atom stereocenters. The Morgan fingerprint density at radius 3 is 2.46 bits per heavy atom. The van der Waals surface area contributed by atoms with Gasteiger partial charge in [0.1, 0.15) is 21.0 Å². The number of amides is 2. The highest BCUT2D eigenvalue weighted by molar-refractivity contribution is 8.18. The molecule has 10 nitrogen and oxygen atoms in total. The first-order chi connectivity index (χ1) is 17.9. The molecule has 2 aliphatic heterocycles. The molecular weight excluding hydrogens is 549 g/mol. The van der Waals surface area contributed by atoms with Crippen LogP contribution in [0.2, 0.25) is 0 Å². The van der Waals surface area contributed by atoms with Gasteiger partial charge >= 0.3 is 16.1 Å². The minimum atomic E-state index is -4.49. The molecule has 3 rings (SSSR count). The summed E-state index contributed by atoms with van der Waals surface area (Å²) < 4.78 is 53.5. The standard InChI is InChI=1S/C26H34FN3O7S2/c1-15(2)18-10-17(27)11-19(16-8-9-36-14-16)20(18)12-21(31)30-13-22(38-23(30)26(6,7)33)39(34,35)29-28-24(32)37-25(3,4)5/h8,10-11,13,15,23,33H,9,12,14H2,1-7H3. The third kappa shape index (κ3) is 7.74. The van der Waals surface area contributed by atoms with E-state index in [4.69, 9.17) is 9.47 Å². The second-order valence-electron chi connectivity index (χ2n) is 11.1. The van der Waals surface area contributed by atoms with Gasteiger partial charge in [-0.25, -0.2) is 9.18 Å². The van der Waals surface area contributed by atoms with Gasteiger partial charge in [-0.2, -0.15) is 8.42 Å². The van der Waals surface area contributed by atoms with Crippen molar-refractivity contribution in [2.45, 2.75) is 77.4 Å². The third-order valence-electron chi connectivity index (χ3n) is 5.75. The number of rotatable bonds is 7. The summed E-state index contributed by atoms with van der Waals surface area (Å²) in [6.45, 7) is 12.1. The molecule has 0 radical (unpaired) electrons. The van der Waals surface area contributed by atoms with Crippen molar-refractivity contribution in [3.8, 4) is 0 Å². The number of halogens is 1. The maximum Gasteiger partial charge on any atom is 0.453 e. The molecule has 0 aliphatic carbocycles. The molecule has 2 aliphatic rings. The Balaban J connectivity index is 1.98. The van der Waals surface area contributed by atoms with Crippen LogP contribution < -0.4 is 0 Å². The zero-order valence-corrected chi connectivity index (χ0v) is 24.7. The van der Waals surface area contributed by atoms with Crippen molar-refractivity contribution in [3.05, 3.63) is 51.2 Å². The van der Waals surface area contributed by atoms with Gasteiger partial charge in [-0.15, -0.1) is 0 Å². The Kier molecular flexibility index (Phi) is 9.10. The molecule has 2 amide bonds. The molecular formula is C26H34FN3O7S2. The Morgan fingerprint density at radius 1 is 1.26 bits per heavy atom. The largest absolute Gasteiger partial charge is 0.453 e. The van der Waals surface area contributed by atoms with Crippen LogP contribution in [0.1, 0.15) is 71.1 Å². The SMILES string of the molecule is CC(C)c1cc(F)cc(C2=CCOC2)c1CC(=O)N1C=C(S(=O)(=O)N=NC(=O)OC(C)(C)C)SC1C(C)(C)O. The zero-order valence-electron chi connectivity index (χ0n) is 23.0. The Hall–Kier alpha value is -2.61. The summed E-state index contributed by atoms with van der Waals surface area (Å²) in [6, 6.07) is 2.76. The van der Waals surface area contributed by atoms with Crippen molar-refractivity contribution in [2.24, 2.45) is 9.63 Å². The number of carbonyl (C=O) groups excluding carboxylic acids is 2. The number of ether oxygens (including phenoxy) is 2. The van der Waals surface area contributed by atoms with Gasteiger partial charge in [-0.3, -0.25) is 4.79 Å². The lowest BCUT2D eigenvalue weighted by Gasteiger charge is -2.32. The minimum Gasteiger partial charge on any atom is -0.441 e. The van der Waals surface area contributed by atoms with Crippen molar-refractivity contribution in [1.82, 2.24) is 4.90 Å². The number of thioether (sulfide) groups is 1. The molecule has 0 saturated heterocycles. The van der Waals surface area contributed by atoms with E-state index in [9.17, 15) is 27.5 Å². The van der Waals surface area contributed by atoms with E-state index >= 15 is 0 Å². The average Bonchev–Trinajstić information content (AvgIpc) is 3.48. The van der Waals surface area contributed by atoms with E-state index in [1.54, 1.807) is 20.8 Å². The van der Waals surface area contributed by atoms with E-state index in [0.29, 0.717) is 35.1 Å². The van der Waals surface area contributed by atoms with Crippen molar-refractivity contribution in [3.63, 3.8) is 0 Å². The van der Waals surface area contributed by atoms with Crippen LogP contribution >= 0.6 is 11.8 Å². The van der Waals surface area contributed by atoms with Gasteiger partial charge < -0.3 is 19.5 Å². The minimum absolute atomic E-state index is 0.108. The number of carbonyl (C=O) groups is 2. The normalized spacial score (nSPS) is 18.6. The Labute approximate surface area is 232 Å². The van der Waals surface area contributed by atoms with Crippen molar-refractivity contribution in [2.75, 3.05) is 13.2 Å². The van der Waals surface area contributed by atoms with Crippen LogP contribution in [0, 0.1) is 5.82 Å². The van der Waals surface area contributed by atoms with Crippen molar-refractivity contribution >= 4 is 39.4 Å². The molecule has 0 aromatic heterocycles. The lowest BCUT2D eigenvalue weighted by Crippen LogP contribution is -2.46. The van der Waals surface area contributed by atoms with E-state index in [1.165, 1.54) is 26.0 Å². The third-order valence-corrected chi connectivity index (χ3v) is 8.94. The highest BCUT2D eigenvalue weighted by Crippen LogP contribution is 2.43. The summed E-state index contributed by atoms with van der Waals surface area (Å²) >= 11 is 0.710. The van der Waals surface area contributed by atoms with Crippen LogP contribution in [0.25, 0.3) is 5.57 Å². The van der Waals surface area contributed by atoms with Crippen LogP contribution in [0.5, 0.6) is 0 Å². The van der Waals surface area contributed by atoms with Crippen LogP contribution in [-0.2, 0) is 30.7 Å². The van der Waals surface area contributed by atoms with Gasteiger partial charge in [0.15, 0.2) is 0 Å². The molecule has 1 aromatic carbocycles. The van der Waals surface area contributed by atoms with Crippen LogP contribution in [0.4, 0.5) is 9.18 Å². The molecule has 0 spiro atoms. The lowest BCUT2D eigenvalue weighted by molar-refractivity contribution is -0.131. The maximum atomic E-state index is 14.6. The second kappa shape index (κ2) is 11.5. The van der Waals surface area contributed by atoms with Gasteiger partial charge in [-0.1, -0.05) is 36.8 Å². The highest BCUT2D eigenvalue weighted by Gasteiger charge is 2.43. The summed E-state index contributed by atoms with van der Waals surface area (Å²) in [7, 11) is -4.49. The molecule has 0 saturated carbocycles. The van der Waals surface area contributed by atoms with Gasteiger partial charge in [0, 0.05) is 6.20 Å². The fraction of sp³-hybridized carbons (Fsp3) is 0.538. The molecule has 1 unspecified atom stereocenters. The van der Waals surface area contributed by atoms with Crippen molar-refractivity contribution in [1.29, 1.82) is 0 Å². The van der Waals surface area contributed by atoms with E-state index in [-0.39, 0.29) is 23.2 Å². The highest BCUT2D eigenvalue weighted by atomic mass is 32.3. The van der Waals surface area contributed by atoms with Gasteiger partial charge in [-0.05, 0) is 79.5 Å². The second-order valence-corrected chi connectivity index (χ2v) is 14.0. The number of nitrogens with zero attached hydrogens (tertiary/aromatic N) is 3. The fourth-order valence-electron chi connectivity index (χ4n) is 4.08. The number of hydrogen-bond acceptors (Lipinski definition) is 8. The fourth-order valence-corrected chi connectivity index (χ4v) is 6.41. The van der Waals surface area contributed by atoms with Crippen molar-refractivity contribution < 1.29 is 37.0 Å². The summed E-state index contributed by atoms with van der Waals surface area (Å²) in [5.41, 5.74) is 0.132. The van der Waals surface area contributed by atoms with E-state index < -0.39 is 44.4 Å². The monoisotopic (exact) mass is 583 g/mol. The summed E-state index contributed by atoms with van der Waals surface area (Å²) in [4.78, 5) is 26.7. The summed E-state index contributed by atoms with van der Waals surface area (Å²) in [5, 5.41) is 12.9. The molecule has 0 bridgehead atoms. The maximum absolute atomic E-state index is 14.6. The smallest absolute Gasteiger partial charge is 0.441 e. The molecule has 1 N–H and O–H groups in total. The molecule has 1 aromatic rings. The molecule has 214 valence electrons. The number of hydrogen-bond donors (Lipinski definition) is 1. The number of benzene rings is 1. The predicted octanol–water partition coefficient (Wildman–Crippen LogP) is 5.09. The van der Waals surface area contributed by atoms with Gasteiger partial charge in [0.25, 0.3) is 0 Å². The first-order valence-electron chi connectivity index (χ1n) is 12.3. The number of aliphatic hydroxyl groups is 1. The van der Waals surface area contributed by atoms with Gasteiger partial charge in [0.05, 0.1) is 25.2 Å². The Morgan fingerprint density at radius 2 is 1.92 bits per heavy atom. The summed E-state index contributed by atoms with van der Waals surface area (Å²) in [5.74, 6) is -1.06. The first kappa shape index (κ1) is 30.9. The van der Waals surface area contributed by atoms with E-state index in [1.807, 2.05) is 19.9 Å². The van der Waals surface area contributed by atoms with E-state index in [2.05, 4.69) is 9.63 Å². The predicted molar refractivity (Wildman–Crippen MR) is 146 cm³/mol. The van der Waals surface area contributed by atoms with Crippen LogP contribution in [0.3, 0.4) is 0 Å². The topological polar surface area (TPSA) is 135 Å². The first-order valence-corrected chi connectivity index (χ1v) is 14.6. The Bertz CT molecular complexity index is 1340. The van der Waals surface area contributed by atoms with Gasteiger partial charge in [0.2, 0.25) is 5.91 Å². The zero-order chi connectivity index (χ0) is 29.3. The molecule has 2 heterocycles. The van der Waals surface area contributed by atoms with Crippen LogP contribution in [-0.4, -0.2) is 60.2 Å². The van der Waals surface area contributed by atoms with E-state index in [0.717, 1.165) is 16.7 Å². The number of sulfonamides is 1. The molecule has 39 heavy (non-hydrogen) atoms.